The number of ether oxygens (including phenoxy) is 3. The number of carbonyl (C=O) groups is 1. The van der Waals surface area contributed by atoms with Gasteiger partial charge in [0, 0.05) is 14.7 Å². The third-order valence-electron chi connectivity index (χ3n) is 4.17. The van der Waals surface area contributed by atoms with Crippen LogP contribution in [0.25, 0.3) is 0 Å². The van der Waals surface area contributed by atoms with Crippen LogP contribution < -0.4 is 19.5 Å². The minimum Gasteiger partial charge on any atom is -0.424 e. The molecule has 2 aromatic carbocycles. The predicted octanol–water partition coefficient (Wildman–Crippen LogP) is 6.15. The number of amides is 1. The van der Waals surface area contributed by atoms with Gasteiger partial charge < -0.3 is 14.2 Å². The van der Waals surface area contributed by atoms with E-state index in [-0.39, 0.29) is 28.2 Å². The molecule has 1 N–H and O–H groups in total. The zero-order valence-corrected chi connectivity index (χ0v) is 18.4. The smallest absolute Gasteiger partial charge is 0.424 e. The maximum absolute atomic E-state index is 13.8. The van der Waals surface area contributed by atoms with Crippen molar-refractivity contribution < 1.29 is 32.2 Å². The van der Waals surface area contributed by atoms with E-state index in [0.717, 1.165) is 15.2 Å². The van der Waals surface area contributed by atoms with Gasteiger partial charge in [0.1, 0.15) is 5.75 Å². The highest BCUT2D eigenvalue weighted by Crippen LogP contribution is 2.46. The first kappa shape index (κ1) is 21.8. The zero-order valence-electron chi connectivity index (χ0n) is 15.5. The molecule has 0 unspecified atom stereocenters. The molecular formula is C19H16ClF3INO4. The highest BCUT2D eigenvalue weighted by atomic mass is 127. The van der Waals surface area contributed by atoms with Crippen molar-refractivity contribution in [2.45, 2.75) is 38.8 Å². The van der Waals surface area contributed by atoms with Gasteiger partial charge in [0.2, 0.25) is 0 Å². The van der Waals surface area contributed by atoms with Gasteiger partial charge in [-0.05, 0) is 70.8 Å². The summed E-state index contributed by atoms with van der Waals surface area (Å²) in [6.07, 6.45) is -6.47. The van der Waals surface area contributed by atoms with E-state index < -0.39 is 18.2 Å². The predicted molar refractivity (Wildman–Crippen MR) is 109 cm³/mol. The summed E-state index contributed by atoms with van der Waals surface area (Å²) in [6.45, 7) is 5.57. The van der Waals surface area contributed by atoms with Crippen LogP contribution in [0.2, 0.25) is 5.02 Å². The number of hydrogen-bond acceptors (Lipinski definition) is 4. The summed E-state index contributed by atoms with van der Waals surface area (Å²) in [6, 6.07) is 7.15. The fraction of sp³-hybridized carbons (Fsp3) is 0.316. The molecule has 156 valence electrons. The number of carbonyl (C=O) groups excluding carboxylic acids is 1. The number of benzene rings is 2. The normalized spacial score (nSPS) is 18.1. The molecular weight excluding hydrogens is 526 g/mol. The second kappa shape index (κ2) is 7.75. The Morgan fingerprint density at radius 2 is 1.86 bits per heavy atom. The molecule has 10 heteroatoms. The molecule has 1 atom stereocenters. The van der Waals surface area contributed by atoms with Crippen molar-refractivity contribution in [2.24, 2.45) is 0 Å². The lowest BCUT2D eigenvalue weighted by atomic mass is 10.0. The quantitative estimate of drug-likeness (QED) is 0.474. The Hall–Kier alpha value is -1.88. The fourth-order valence-electron chi connectivity index (χ4n) is 2.68. The summed E-state index contributed by atoms with van der Waals surface area (Å²) in [7, 11) is 0. The van der Waals surface area contributed by atoms with Gasteiger partial charge in [-0.15, -0.1) is 0 Å². The van der Waals surface area contributed by atoms with Crippen LogP contribution in [-0.4, -0.2) is 18.2 Å². The van der Waals surface area contributed by atoms with Crippen LogP contribution in [-0.2, 0) is 0 Å². The summed E-state index contributed by atoms with van der Waals surface area (Å²) in [4.78, 5) is 12.4. The molecule has 0 bridgehead atoms. The van der Waals surface area contributed by atoms with Crippen molar-refractivity contribution in [3.8, 4) is 17.2 Å². The van der Waals surface area contributed by atoms with Crippen LogP contribution in [0, 0.1) is 10.5 Å². The van der Waals surface area contributed by atoms with E-state index in [2.05, 4.69) is 22.6 Å². The monoisotopic (exact) mass is 541 g/mol. The molecule has 2 aromatic rings. The van der Waals surface area contributed by atoms with Crippen molar-refractivity contribution >= 4 is 40.3 Å². The molecule has 1 aliphatic rings. The van der Waals surface area contributed by atoms with Gasteiger partial charge in [-0.1, -0.05) is 25.4 Å². The second-order valence-corrected chi connectivity index (χ2v) is 8.32. The Morgan fingerprint density at radius 3 is 2.48 bits per heavy atom. The van der Waals surface area contributed by atoms with Crippen molar-refractivity contribution in [1.29, 1.82) is 0 Å². The van der Waals surface area contributed by atoms with E-state index in [1.165, 1.54) is 12.1 Å². The summed E-state index contributed by atoms with van der Waals surface area (Å²) in [5.41, 5.74) is 1.50. The topological polar surface area (TPSA) is 56.8 Å². The minimum atomic E-state index is -5.10. The van der Waals surface area contributed by atoms with Crippen LogP contribution in [0.3, 0.4) is 0 Å². The van der Waals surface area contributed by atoms with Crippen molar-refractivity contribution in [3.63, 3.8) is 0 Å². The van der Waals surface area contributed by atoms with Gasteiger partial charge in [-0.25, -0.2) is 10.1 Å². The average molecular weight is 542 g/mol. The highest BCUT2D eigenvalue weighted by molar-refractivity contribution is 14.1. The third kappa shape index (κ3) is 4.35. The Labute approximate surface area is 183 Å². The van der Waals surface area contributed by atoms with Crippen molar-refractivity contribution in [1.82, 2.24) is 5.32 Å². The summed E-state index contributed by atoms with van der Waals surface area (Å²) in [5, 5.41) is 1.83. The first-order valence-corrected chi connectivity index (χ1v) is 9.92. The lowest BCUT2D eigenvalue weighted by Gasteiger charge is -2.29. The summed E-state index contributed by atoms with van der Waals surface area (Å²) in [5.74, 6) is -3.74. The number of nitrogens with one attached hydrogen (secondary N) is 1. The maximum atomic E-state index is 13.8. The molecule has 0 saturated heterocycles. The largest absolute Gasteiger partial charge is 0.492 e. The van der Waals surface area contributed by atoms with Crippen molar-refractivity contribution in [2.75, 3.05) is 0 Å². The number of alkyl halides is 3. The van der Waals surface area contributed by atoms with Crippen LogP contribution >= 0.6 is 34.2 Å². The SMILES string of the molecule is Cc1cc(OC(=O)N[C@]2(C(F)(F)F)Oc3ccc(Cl)cc3O2)c(C(C)C)cc1I. The lowest BCUT2D eigenvalue weighted by molar-refractivity contribution is -0.318. The van der Waals surface area contributed by atoms with E-state index in [1.807, 2.05) is 19.9 Å². The number of halogens is 5. The minimum absolute atomic E-state index is 0.0196. The summed E-state index contributed by atoms with van der Waals surface area (Å²) < 4.78 is 57.3. The first-order chi connectivity index (χ1) is 13.4. The van der Waals surface area contributed by atoms with Crippen LogP contribution in [0.15, 0.2) is 30.3 Å². The molecule has 0 spiro atoms. The van der Waals surface area contributed by atoms with Crippen LogP contribution in [0.1, 0.15) is 30.9 Å². The van der Waals surface area contributed by atoms with E-state index >= 15 is 0 Å². The standard InChI is InChI=1S/C19H16ClF3INO4/c1-9(2)12-8-13(24)10(3)6-15(12)27-17(26)25-19(18(21,22)23)28-14-5-4-11(20)7-16(14)29-19/h4-9H,1-3H3,(H,25,26)/t19-/m1/s1. The zero-order chi connectivity index (χ0) is 21.6. The van der Waals surface area contributed by atoms with Gasteiger partial charge in [0.25, 0.3) is 0 Å². The van der Waals surface area contributed by atoms with E-state index in [0.29, 0.717) is 5.56 Å². The number of aryl methyl sites for hydroxylation is 1. The molecule has 1 aliphatic heterocycles. The lowest BCUT2D eigenvalue weighted by Crippen LogP contribution is -2.65. The Balaban J connectivity index is 1.88. The van der Waals surface area contributed by atoms with Gasteiger partial charge in [0.05, 0.1) is 0 Å². The first-order valence-electron chi connectivity index (χ1n) is 8.46. The average Bonchev–Trinajstić information content (AvgIpc) is 2.95. The van der Waals surface area contributed by atoms with E-state index in [9.17, 15) is 18.0 Å². The Morgan fingerprint density at radius 1 is 1.21 bits per heavy atom. The van der Waals surface area contributed by atoms with E-state index in [1.54, 1.807) is 18.3 Å². The van der Waals surface area contributed by atoms with Gasteiger partial charge in [0.15, 0.2) is 11.5 Å². The molecule has 0 radical (unpaired) electrons. The molecule has 0 fully saturated rings. The second-order valence-electron chi connectivity index (χ2n) is 6.72. The maximum Gasteiger partial charge on any atom is 0.492 e. The molecule has 0 saturated carbocycles. The van der Waals surface area contributed by atoms with Gasteiger partial charge in [-0.2, -0.15) is 13.2 Å². The Kier molecular flexibility index (Phi) is 5.83. The number of fused-ring (bicyclic) bond motifs is 1. The van der Waals surface area contributed by atoms with Gasteiger partial charge >= 0.3 is 18.2 Å². The fourth-order valence-corrected chi connectivity index (χ4v) is 3.34. The third-order valence-corrected chi connectivity index (χ3v) is 5.57. The van der Waals surface area contributed by atoms with Crippen LogP contribution in [0.5, 0.6) is 17.2 Å². The van der Waals surface area contributed by atoms with Crippen LogP contribution in [0.4, 0.5) is 18.0 Å². The Bertz CT molecular complexity index is 967. The number of rotatable bonds is 3. The molecule has 29 heavy (non-hydrogen) atoms. The molecule has 0 aliphatic carbocycles. The molecule has 0 aromatic heterocycles. The van der Waals surface area contributed by atoms with Crippen molar-refractivity contribution in [3.05, 3.63) is 50.1 Å². The number of hydrogen-bond donors (Lipinski definition) is 1. The molecule has 1 amide bonds. The molecule has 3 rings (SSSR count). The highest BCUT2D eigenvalue weighted by Gasteiger charge is 2.66. The molecule has 5 nitrogen and oxygen atoms in total. The summed E-state index contributed by atoms with van der Waals surface area (Å²) >= 11 is 7.92. The van der Waals surface area contributed by atoms with E-state index in [4.69, 9.17) is 25.8 Å². The van der Waals surface area contributed by atoms with Gasteiger partial charge in [-0.3, -0.25) is 0 Å². The molecule has 1 heterocycles.